The van der Waals surface area contributed by atoms with Gasteiger partial charge in [-0.05, 0) is 0 Å². The molecule has 5 heteroatoms. The fraction of sp³-hybridized carbons (Fsp3) is 0.400. The van der Waals surface area contributed by atoms with Crippen molar-refractivity contribution in [1.82, 2.24) is 4.98 Å². The minimum absolute atomic E-state index is 0.0903. The van der Waals surface area contributed by atoms with E-state index >= 15 is 0 Å². The zero-order chi connectivity index (χ0) is 7.61. The number of aromatic nitrogens is 1. The van der Waals surface area contributed by atoms with Crippen molar-refractivity contribution in [2.75, 3.05) is 0 Å². The van der Waals surface area contributed by atoms with Gasteiger partial charge < -0.3 is 4.42 Å². The molecule has 56 valence electrons. The molecule has 2 nitrogen and oxygen atoms in total. The first-order chi connectivity index (χ1) is 4.58. The maximum absolute atomic E-state index is 11.5. The summed E-state index contributed by atoms with van der Waals surface area (Å²) in [5.74, 6) is 0. The van der Waals surface area contributed by atoms with Crippen molar-refractivity contribution in [3.63, 3.8) is 0 Å². The van der Waals surface area contributed by atoms with Crippen molar-refractivity contribution >= 4 is 0 Å². The summed E-state index contributed by atoms with van der Waals surface area (Å²) in [6, 6.07) is 0. The maximum atomic E-state index is 11.5. The molecule has 0 aliphatic carbocycles. The molecule has 0 saturated heterocycles. The van der Waals surface area contributed by atoms with Gasteiger partial charge in [0.2, 0.25) is 0 Å². The summed E-state index contributed by atoms with van der Waals surface area (Å²) in [5, 5.41) is 0. The largest absolute Gasteiger partial charge is 0.451 e. The monoisotopic (exact) mass is 151 g/mol. The van der Waals surface area contributed by atoms with Crippen LogP contribution in [0.1, 0.15) is 5.69 Å². The average molecular weight is 151 g/mol. The van der Waals surface area contributed by atoms with Crippen LogP contribution in [0.3, 0.4) is 0 Å². The summed E-state index contributed by atoms with van der Waals surface area (Å²) < 4.78 is 39.0. The number of hydrogen-bond acceptors (Lipinski definition) is 2. The van der Waals surface area contributed by atoms with E-state index in [1.807, 2.05) is 0 Å². The van der Waals surface area contributed by atoms with Gasteiger partial charge in [-0.15, -0.1) is 0 Å². The molecule has 0 radical (unpaired) electrons. The number of alkyl halides is 3. The standard InChI is InChI=1S/C5H4F3NO/c6-5(7,8)1-4-2-10-3-9-4/h2-3H,1H2. The summed E-state index contributed by atoms with van der Waals surface area (Å²) in [6.45, 7) is 0. The third-order valence-electron chi connectivity index (χ3n) is 0.865. The third-order valence-corrected chi connectivity index (χ3v) is 0.865. The molecule has 0 N–H and O–H groups in total. The highest BCUT2D eigenvalue weighted by molar-refractivity contribution is 4.92. The first-order valence-corrected chi connectivity index (χ1v) is 2.52. The third kappa shape index (κ3) is 2.08. The number of rotatable bonds is 1. The zero-order valence-electron chi connectivity index (χ0n) is 4.85. The summed E-state index contributed by atoms with van der Waals surface area (Å²) in [6.07, 6.45) is -3.27. The first-order valence-electron chi connectivity index (χ1n) is 2.52. The predicted octanol–water partition coefficient (Wildman–Crippen LogP) is 1.78. The van der Waals surface area contributed by atoms with Gasteiger partial charge in [-0.25, -0.2) is 4.98 Å². The van der Waals surface area contributed by atoms with E-state index in [-0.39, 0.29) is 5.69 Å². The van der Waals surface area contributed by atoms with Crippen LogP contribution in [-0.2, 0) is 6.42 Å². The van der Waals surface area contributed by atoms with Gasteiger partial charge in [0.1, 0.15) is 6.26 Å². The van der Waals surface area contributed by atoms with Crippen LogP contribution in [0.4, 0.5) is 13.2 Å². The van der Waals surface area contributed by atoms with Gasteiger partial charge in [-0.3, -0.25) is 0 Å². The molecule has 0 atom stereocenters. The lowest BCUT2D eigenvalue weighted by Gasteiger charge is -2.00. The molecule has 1 aromatic rings. The van der Waals surface area contributed by atoms with Gasteiger partial charge in [0, 0.05) is 0 Å². The second-order valence-electron chi connectivity index (χ2n) is 1.77. The minimum atomic E-state index is -4.20. The Morgan fingerprint density at radius 2 is 2.20 bits per heavy atom. The highest BCUT2D eigenvalue weighted by Gasteiger charge is 2.28. The molecular formula is C5H4F3NO. The fourth-order valence-corrected chi connectivity index (χ4v) is 0.530. The molecule has 0 saturated carbocycles. The van der Waals surface area contributed by atoms with Crippen LogP contribution in [-0.4, -0.2) is 11.2 Å². The predicted molar refractivity (Wildman–Crippen MR) is 26.3 cm³/mol. The van der Waals surface area contributed by atoms with Crippen LogP contribution in [0, 0.1) is 0 Å². The summed E-state index contributed by atoms with van der Waals surface area (Å²) in [4.78, 5) is 3.31. The van der Waals surface area contributed by atoms with Gasteiger partial charge in [0.05, 0.1) is 12.1 Å². The Morgan fingerprint density at radius 1 is 1.50 bits per heavy atom. The molecule has 0 bridgehead atoms. The highest BCUT2D eigenvalue weighted by Crippen LogP contribution is 2.19. The van der Waals surface area contributed by atoms with Crippen LogP contribution in [0.2, 0.25) is 0 Å². The van der Waals surface area contributed by atoms with Crippen LogP contribution < -0.4 is 0 Å². The smallest absolute Gasteiger partial charge is 0.394 e. The maximum Gasteiger partial charge on any atom is 0.394 e. The fourth-order valence-electron chi connectivity index (χ4n) is 0.530. The lowest BCUT2D eigenvalue weighted by molar-refractivity contribution is -0.127. The van der Waals surface area contributed by atoms with Crippen LogP contribution in [0.5, 0.6) is 0 Å². The topological polar surface area (TPSA) is 26.0 Å². The summed E-state index contributed by atoms with van der Waals surface area (Å²) >= 11 is 0. The Labute approximate surface area is 54.7 Å². The van der Waals surface area contributed by atoms with Gasteiger partial charge >= 0.3 is 6.18 Å². The molecule has 0 unspecified atom stereocenters. The van der Waals surface area contributed by atoms with Crippen molar-refractivity contribution in [1.29, 1.82) is 0 Å². The van der Waals surface area contributed by atoms with Gasteiger partial charge in [0.25, 0.3) is 0 Å². The highest BCUT2D eigenvalue weighted by atomic mass is 19.4. The van der Waals surface area contributed by atoms with E-state index in [0.29, 0.717) is 0 Å². The number of hydrogen-bond donors (Lipinski definition) is 0. The van der Waals surface area contributed by atoms with E-state index in [2.05, 4.69) is 9.40 Å². The Bertz CT molecular complexity index is 191. The van der Waals surface area contributed by atoms with Crippen molar-refractivity contribution in [3.8, 4) is 0 Å². The van der Waals surface area contributed by atoms with Crippen LogP contribution in [0.25, 0.3) is 0 Å². The number of halogens is 3. The molecule has 0 aromatic carbocycles. The van der Waals surface area contributed by atoms with E-state index in [0.717, 1.165) is 12.7 Å². The van der Waals surface area contributed by atoms with E-state index in [4.69, 9.17) is 0 Å². The number of nitrogens with zero attached hydrogens (tertiary/aromatic N) is 1. The van der Waals surface area contributed by atoms with Gasteiger partial charge in [-0.2, -0.15) is 13.2 Å². The van der Waals surface area contributed by atoms with E-state index in [1.54, 1.807) is 0 Å². The molecule has 0 spiro atoms. The average Bonchev–Trinajstić information content (AvgIpc) is 2.12. The molecule has 1 heterocycles. The van der Waals surface area contributed by atoms with Crippen LogP contribution in [0.15, 0.2) is 17.1 Å². The molecular weight excluding hydrogens is 147 g/mol. The quantitative estimate of drug-likeness (QED) is 0.611. The van der Waals surface area contributed by atoms with Gasteiger partial charge in [0.15, 0.2) is 6.39 Å². The minimum Gasteiger partial charge on any atom is -0.451 e. The van der Waals surface area contributed by atoms with Crippen molar-refractivity contribution in [2.45, 2.75) is 12.6 Å². The molecule has 10 heavy (non-hydrogen) atoms. The summed E-state index contributed by atoms with van der Waals surface area (Å²) in [5.41, 5.74) is -0.0903. The molecule has 0 amide bonds. The Kier molecular flexibility index (Phi) is 1.65. The normalized spacial score (nSPS) is 11.9. The second-order valence-corrected chi connectivity index (χ2v) is 1.77. The zero-order valence-corrected chi connectivity index (χ0v) is 4.85. The lowest BCUT2D eigenvalue weighted by Crippen LogP contribution is -2.11. The van der Waals surface area contributed by atoms with E-state index in [1.165, 1.54) is 0 Å². The number of oxazole rings is 1. The van der Waals surface area contributed by atoms with Crippen molar-refractivity contribution in [2.24, 2.45) is 0 Å². The Balaban J connectivity index is 2.57. The van der Waals surface area contributed by atoms with Crippen molar-refractivity contribution in [3.05, 3.63) is 18.4 Å². The lowest BCUT2D eigenvalue weighted by atomic mass is 10.3. The van der Waals surface area contributed by atoms with Crippen LogP contribution >= 0.6 is 0 Å². The van der Waals surface area contributed by atoms with Gasteiger partial charge in [-0.1, -0.05) is 0 Å². The molecule has 1 aromatic heterocycles. The Morgan fingerprint density at radius 3 is 2.60 bits per heavy atom. The molecule has 0 fully saturated rings. The van der Waals surface area contributed by atoms with Crippen molar-refractivity contribution < 1.29 is 17.6 Å². The molecule has 0 aliphatic rings. The summed E-state index contributed by atoms with van der Waals surface area (Å²) in [7, 11) is 0. The van der Waals surface area contributed by atoms with E-state index in [9.17, 15) is 13.2 Å². The molecule has 0 aliphatic heterocycles. The first kappa shape index (κ1) is 7.11. The second kappa shape index (κ2) is 2.32. The molecule has 1 rings (SSSR count). The SMILES string of the molecule is FC(F)(F)Cc1cocn1. The van der Waals surface area contributed by atoms with E-state index < -0.39 is 12.6 Å². The Hall–Kier alpha value is -1.00.